The van der Waals surface area contributed by atoms with Crippen LogP contribution in [-0.2, 0) is 0 Å². The number of primary amides is 1. The SMILES string of the molecule is N#CC1C(CC(F)(F)F)N(C(=O)O)CCC1n1cc(C(N)=O)c(Nc2ccc(F)cc2)n1. The predicted molar refractivity (Wildman–Crippen MR) is 102 cm³/mol. The number of hydrogen-bond donors (Lipinski definition) is 3. The number of nitrogens with one attached hydrogen (secondary N) is 1. The fraction of sp³-hybridized carbons (Fsp3) is 0.368. The number of nitrogens with two attached hydrogens (primary N) is 1. The van der Waals surface area contributed by atoms with Crippen molar-refractivity contribution in [1.82, 2.24) is 14.7 Å². The molecule has 1 aliphatic rings. The van der Waals surface area contributed by atoms with Gasteiger partial charge in [0.1, 0.15) is 11.4 Å². The number of rotatable bonds is 5. The summed E-state index contributed by atoms with van der Waals surface area (Å²) in [5, 5.41) is 25.9. The lowest BCUT2D eigenvalue weighted by atomic mass is 9.84. The highest BCUT2D eigenvalue weighted by atomic mass is 19.4. The summed E-state index contributed by atoms with van der Waals surface area (Å²) in [6.45, 7) is -0.259. The quantitative estimate of drug-likeness (QED) is 0.593. The van der Waals surface area contributed by atoms with Gasteiger partial charge >= 0.3 is 12.3 Å². The van der Waals surface area contributed by atoms with E-state index in [0.717, 1.165) is 4.68 Å². The number of nitrogens with zero attached hydrogens (tertiary/aromatic N) is 4. The highest BCUT2D eigenvalue weighted by molar-refractivity contribution is 5.98. The van der Waals surface area contributed by atoms with Gasteiger partial charge < -0.3 is 21.1 Å². The van der Waals surface area contributed by atoms with Crippen molar-refractivity contribution in [2.24, 2.45) is 11.7 Å². The van der Waals surface area contributed by atoms with Crippen molar-refractivity contribution >= 4 is 23.5 Å². The third kappa shape index (κ3) is 4.90. The van der Waals surface area contributed by atoms with Crippen LogP contribution in [0.15, 0.2) is 30.5 Å². The summed E-state index contributed by atoms with van der Waals surface area (Å²) in [5.41, 5.74) is 5.65. The summed E-state index contributed by atoms with van der Waals surface area (Å²) in [6.07, 6.45) is -6.57. The van der Waals surface area contributed by atoms with E-state index < -0.39 is 48.4 Å². The zero-order chi connectivity index (χ0) is 23.6. The summed E-state index contributed by atoms with van der Waals surface area (Å²) in [5.74, 6) is -2.80. The van der Waals surface area contributed by atoms with Crippen molar-refractivity contribution in [2.45, 2.75) is 31.1 Å². The van der Waals surface area contributed by atoms with E-state index in [1.54, 1.807) is 6.07 Å². The van der Waals surface area contributed by atoms with E-state index in [9.17, 15) is 37.5 Å². The Morgan fingerprint density at radius 3 is 2.50 bits per heavy atom. The molecule has 0 bridgehead atoms. The second kappa shape index (κ2) is 8.74. The molecule has 2 aromatic rings. The number of alkyl halides is 3. The molecule has 3 unspecified atom stereocenters. The number of nitriles is 1. The van der Waals surface area contributed by atoms with Crippen molar-refractivity contribution < 1.29 is 32.3 Å². The molecule has 0 aliphatic carbocycles. The molecule has 1 aromatic heterocycles. The van der Waals surface area contributed by atoms with Crippen LogP contribution in [0.2, 0.25) is 0 Å². The van der Waals surface area contributed by atoms with Gasteiger partial charge in [-0.3, -0.25) is 9.48 Å². The standard InChI is InChI=1S/C19H18F4N6O3/c20-10-1-3-11(4-2-10)26-17-13(16(25)30)9-29(27-17)14-5-6-28(18(31)32)15(12(14)8-24)7-19(21,22)23/h1-4,9,12,14-15H,5-7H2,(H2,25,30)(H,26,27)(H,31,32). The first-order chi connectivity index (χ1) is 15.0. The summed E-state index contributed by atoms with van der Waals surface area (Å²) in [7, 11) is 0. The topological polar surface area (TPSA) is 137 Å². The van der Waals surface area contributed by atoms with Gasteiger partial charge in [-0.25, -0.2) is 9.18 Å². The number of aromatic nitrogens is 2. The molecule has 3 atom stereocenters. The van der Waals surface area contributed by atoms with E-state index in [1.165, 1.54) is 30.5 Å². The van der Waals surface area contributed by atoms with Crippen LogP contribution in [0.1, 0.15) is 29.2 Å². The molecule has 2 heterocycles. The van der Waals surface area contributed by atoms with Gasteiger partial charge in [-0.05, 0) is 30.7 Å². The minimum Gasteiger partial charge on any atom is -0.465 e. The van der Waals surface area contributed by atoms with Crippen LogP contribution in [0, 0.1) is 23.1 Å². The Bertz CT molecular complexity index is 1050. The van der Waals surface area contributed by atoms with Gasteiger partial charge in [0.15, 0.2) is 5.82 Å². The molecule has 1 saturated heterocycles. The van der Waals surface area contributed by atoms with E-state index in [-0.39, 0.29) is 24.3 Å². The molecule has 32 heavy (non-hydrogen) atoms. The average Bonchev–Trinajstić information content (AvgIpc) is 3.12. The second-order valence-corrected chi connectivity index (χ2v) is 7.24. The van der Waals surface area contributed by atoms with Crippen molar-refractivity contribution in [2.75, 3.05) is 11.9 Å². The smallest absolute Gasteiger partial charge is 0.407 e. The third-order valence-corrected chi connectivity index (χ3v) is 5.17. The van der Waals surface area contributed by atoms with Crippen LogP contribution in [0.4, 0.5) is 33.9 Å². The summed E-state index contributed by atoms with van der Waals surface area (Å²) in [4.78, 5) is 23.9. The van der Waals surface area contributed by atoms with Crippen LogP contribution < -0.4 is 11.1 Å². The third-order valence-electron chi connectivity index (χ3n) is 5.17. The minimum atomic E-state index is -4.70. The molecular weight excluding hydrogens is 436 g/mol. The van der Waals surface area contributed by atoms with Gasteiger partial charge in [0, 0.05) is 18.4 Å². The van der Waals surface area contributed by atoms with Gasteiger partial charge in [-0.2, -0.15) is 23.5 Å². The van der Waals surface area contributed by atoms with Gasteiger partial charge in [-0.1, -0.05) is 0 Å². The number of carbonyl (C=O) groups excluding carboxylic acids is 1. The molecule has 0 saturated carbocycles. The Morgan fingerprint density at radius 2 is 1.97 bits per heavy atom. The van der Waals surface area contributed by atoms with E-state index in [0.29, 0.717) is 10.6 Å². The van der Waals surface area contributed by atoms with Crippen molar-refractivity contribution in [3.63, 3.8) is 0 Å². The molecule has 0 radical (unpaired) electrons. The van der Waals surface area contributed by atoms with E-state index in [2.05, 4.69) is 10.4 Å². The molecule has 3 rings (SSSR count). The van der Waals surface area contributed by atoms with Gasteiger partial charge in [0.05, 0.1) is 30.5 Å². The molecule has 170 valence electrons. The van der Waals surface area contributed by atoms with Crippen LogP contribution in [0.25, 0.3) is 0 Å². The summed E-state index contributed by atoms with van der Waals surface area (Å²) in [6, 6.07) is 4.28. The Morgan fingerprint density at radius 1 is 1.31 bits per heavy atom. The molecule has 4 N–H and O–H groups in total. The highest BCUT2D eigenvalue weighted by Crippen LogP contribution is 2.38. The number of piperidine rings is 1. The maximum Gasteiger partial charge on any atom is 0.407 e. The first-order valence-electron chi connectivity index (χ1n) is 9.37. The molecule has 1 fully saturated rings. The Labute approximate surface area is 179 Å². The Hall–Kier alpha value is -3.82. The van der Waals surface area contributed by atoms with E-state index in [4.69, 9.17) is 5.73 Å². The van der Waals surface area contributed by atoms with Crippen LogP contribution >= 0.6 is 0 Å². The summed E-state index contributed by atoms with van der Waals surface area (Å²) < 4.78 is 53.6. The Balaban J connectivity index is 1.96. The lowest BCUT2D eigenvalue weighted by molar-refractivity contribution is -0.152. The van der Waals surface area contributed by atoms with Crippen LogP contribution in [0.3, 0.4) is 0 Å². The Kier molecular flexibility index (Phi) is 6.24. The minimum absolute atomic E-state index is 0.00520. The van der Waals surface area contributed by atoms with Gasteiger partial charge in [0.25, 0.3) is 5.91 Å². The maximum atomic E-state index is 13.1. The molecular formula is C19H18F4N6O3. The first-order valence-corrected chi connectivity index (χ1v) is 9.37. The monoisotopic (exact) mass is 454 g/mol. The number of benzene rings is 1. The molecule has 1 aromatic carbocycles. The molecule has 9 nitrogen and oxygen atoms in total. The molecule has 13 heteroatoms. The largest absolute Gasteiger partial charge is 0.465 e. The number of carbonyl (C=O) groups is 2. The van der Waals surface area contributed by atoms with Crippen molar-refractivity contribution in [3.05, 3.63) is 41.8 Å². The first kappa shape index (κ1) is 22.9. The number of likely N-dealkylation sites (tertiary alicyclic amines) is 1. The number of halogens is 4. The fourth-order valence-corrected chi connectivity index (χ4v) is 3.75. The summed E-state index contributed by atoms with van der Waals surface area (Å²) >= 11 is 0. The van der Waals surface area contributed by atoms with Crippen molar-refractivity contribution in [3.8, 4) is 6.07 Å². The van der Waals surface area contributed by atoms with Gasteiger partial charge in [0.2, 0.25) is 0 Å². The molecule has 2 amide bonds. The fourth-order valence-electron chi connectivity index (χ4n) is 3.75. The zero-order valence-electron chi connectivity index (χ0n) is 16.4. The van der Waals surface area contributed by atoms with E-state index >= 15 is 0 Å². The lowest BCUT2D eigenvalue weighted by Crippen LogP contribution is -2.53. The number of anilines is 2. The van der Waals surface area contributed by atoms with E-state index in [1.807, 2.05) is 0 Å². The number of hydrogen-bond acceptors (Lipinski definition) is 5. The number of amides is 2. The maximum absolute atomic E-state index is 13.1. The van der Waals surface area contributed by atoms with Gasteiger partial charge in [-0.15, -0.1) is 0 Å². The average molecular weight is 454 g/mol. The second-order valence-electron chi connectivity index (χ2n) is 7.24. The van der Waals surface area contributed by atoms with Crippen LogP contribution in [0.5, 0.6) is 0 Å². The zero-order valence-corrected chi connectivity index (χ0v) is 16.4. The van der Waals surface area contributed by atoms with Crippen molar-refractivity contribution in [1.29, 1.82) is 5.26 Å². The highest BCUT2D eigenvalue weighted by Gasteiger charge is 2.47. The lowest BCUT2D eigenvalue weighted by Gasteiger charge is -2.41. The normalized spacial score (nSPS) is 21.1. The molecule has 0 spiro atoms. The molecule has 1 aliphatic heterocycles. The number of carboxylic acid groups (broad SMARTS) is 1. The predicted octanol–water partition coefficient (Wildman–Crippen LogP) is 3.25. The van der Waals surface area contributed by atoms with Crippen LogP contribution in [-0.4, -0.2) is 50.6 Å².